The van der Waals surface area contributed by atoms with Crippen LogP contribution in [-0.4, -0.2) is 0 Å². The second-order valence-electron chi connectivity index (χ2n) is 27.2. The second kappa shape index (κ2) is 43.3. The van der Waals surface area contributed by atoms with Gasteiger partial charge in [0.05, 0.1) is 0 Å². The van der Waals surface area contributed by atoms with Crippen molar-refractivity contribution in [3.8, 4) is 71.0 Å². The predicted molar refractivity (Wildman–Crippen MR) is 426 cm³/mol. The van der Waals surface area contributed by atoms with Crippen molar-refractivity contribution in [2.45, 2.75) is 289 Å². The van der Waals surface area contributed by atoms with Gasteiger partial charge >= 0.3 is 0 Å². The van der Waals surface area contributed by atoms with Crippen molar-refractivity contribution in [1.82, 2.24) is 0 Å². The van der Waals surface area contributed by atoms with Crippen molar-refractivity contribution >= 4 is 0 Å². The van der Waals surface area contributed by atoms with E-state index in [9.17, 15) is 0 Å². The van der Waals surface area contributed by atoms with Gasteiger partial charge in [0.2, 0.25) is 0 Å². The summed E-state index contributed by atoms with van der Waals surface area (Å²) in [7, 11) is 0. The van der Waals surface area contributed by atoms with Gasteiger partial charge in [-0.1, -0.05) is 281 Å². The van der Waals surface area contributed by atoms with Crippen LogP contribution in [0.25, 0.3) is 0 Å². The van der Waals surface area contributed by atoms with Crippen LogP contribution in [0.3, 0.4) is 0 Å². The molecule has 0 atom stereocenters. The minimum absolute atomic E-state index is 0.881. The van der Waals surface area contributed by atoms with Crippen LogP contribution < -0.4 is 0 Å². The maximum absolute atomic E-state index is 3.83. The molecule has 0 N–H and O–H groups in total. The summed E-state index contributed by atoms with van der Waals surface area (Å²) in [5.74, 6) is 44.1. The van der Waals surface area contributed by atoms with Crippen molar-refractivity contribution in [3.05, 3.63) is 243 Å². The quantitative estimate of drug-likeness (QED) is 0.0291. The normalized spacial score (nSPS) is 10.7. The first-order chi connectivity index (χ1) is 48.0. The molecule has 0 amide bonds. The number of unbranched alkanes of at least 4 members (excludes halogenated alkanes) is 16. The fourth-order valence-electron chi connectivity index (χ4n) is 13.4. The predicted octanol–water partition coefficient (Wildman–Crippen LogP) is 24.6. The lowest BCUT2D eigenvalue weighted by atomic mass is 9.91. The summed E-state index contributed by atoms with van der Waals surface area (Å²) in [6, 6.07) is 41.3. The summed E-state index contributed by atoms with van der Waals surface area (Å²) in [5, 5.41) is 0. The number of aryl methyl sites for hydroxylation is 12. The van der Waals surface area contributed by atoms with Gasteiger partial charge < -0.3 is 0 Å². The van der Waals surface area contributed by atoms with E-state index in [1.807, 2.05) is 0 Å². The fraction of sp³-hybridized carbons (Fsp3) is 0.449. The highest BCUT2D eigenvalue weighted by Crippen LogP contribution is 2.27. The van der Waals surface area contributed by atoms with E-state index >= 15 is 0 Å². The molecule has 0 aromatic heterocycles. The first-order valence-corrected chi connectivity index (χ1v) is 39.1. The largest absolute Gasteiger partial charge is 0.0654 e. The number of hydrogen-bond acceptors (Lipinski definition) is 0. The van der Waals surface area contributed by atoms with Crippen LogP contribution in [0.5, 0.6) is 0 Å². The standard InChI is InChI=1S/C98H118/c1-13-25-29-33-35-37-41-75-45-49-77(50-46-75)53-55-89-65-81(19-7)91(67-79(89)17-5)57-59-93-69-85(23-11)95(71-83(93)21-9)61-63-97-73-88(44-40-32-28-16-4)98(74-87(97)43-39-31-27-15-3)64-62-96-72-84(22-10)94(70-86(96)24-12)60-58-92-68-80(18-6)90(66-82(92)20-8)56-54-78-51-47-76(48-52-78)42-38-36-34-30-26-14-2/h45-52,65-74H,13-44H2,1-12H3. The van der Waals surface area contributed by atoms with E-state index in [4.69, 9.17) is 0 Å². The van der Waals surface area contributed by atoms with Gasteiger partial charge in [0.1, 0.15) is 0 Å². The van der Waals surface area contributed by atoms with Crippen molar-refractivity contribution < 1.29 is 0 Å². The first-order valence-electron chi connectivity index (χ1n) is 39.1. The molecule has 0 aliphatic carbocycles. The molecule has 0 heterocycles. The minimum Gasteiger partial charge on any atom is -0.0654 e. The lowest BCUT2D eigenvalue weighted by Crippen LogP contribution is -2.00. The number of rotatable bonds is 32. The summed E-state index contributed by atoms with van der Waals surface area (Å²) >= 11 is 0. The topological polar surface area (TPSA) is 0 Å². The zero-order valence-corrected chi connectivity index (χ0v) is 63.0. The van der Waals surface area contributed by atoms with E-state index in [1.165, 1.54) is 182 Å². The molecule has 0 nitrogen and oxygen atoms in total. The summed E-state index contributed by atoms with van der Waals surface area (Å²) < 4.78 is 0. The van der Waals surface area contributed by atoms with Crippen LogP contribution in [0.1, 0.15) is 345 Å². The Hall–Kier alpha value is -8.10. The SMILES string of the molecule is CCCCCCCCc1ccc(C#Cc2cc(CC)c(C#Cc3cc(CC)c(C#Cc4cc(CCCCCC)c(C#Cc5cc(CC)c(C#Cc6cc(CC)c(C#Cc7ccc(CCCCCCCC)cc7)cc6CC)cc5CC)cc4CCCCCC)cc3CC)cc2CC)cc1. The molecule has 0 saturated heterocycles. The highest BCUT2D eigenvalue weighted by atomic mass is 14.2. The van der Waals surface area contributed by atoms with Crippen LogP contribution in [0.4, 0.5) is 0 Å². The van der Waals surface area contributed by atoms with Gasteiger partial charge in [0, 0.05) is 66.8 Å². The summed E-state index contributed by atoms with van der Waals surface area (Å²) in [6.07, 6.45) is 36.9. The van der Waals surface area contributed by atoms with E-state index in [1.54, 1.807) is 0 Å². The van der Waals surface area contributed by atoms with Gasteiger partial charge in [-0.15, -0.1) is 0 Å². The summed E-state index contributed by atoms with van der Waals surface area (Å²) in [4.78, 5) is 0. The highest BCUT2D eigenvalue weighted by molar-refractivity contribution is 5.63. The fourth-order valence-corrected chi connectivity index (χ4v) is 13.4. The molecule has 7 aromatic rings. The summed E-state index contributed by atoms with van der Waals surface area (Å²) in [6.45, 7) is 27.1. The molecule has 7 aromatic carbocycles. The van der Waals surface area contributed by atoms with Gasteiger partial charge in [-0.2, -0.15) is 0 Å². The molecule has 0 fully saturated rings. The molecule has 510 valence electrons. The maximum Gasteiger partial charge on any atom is 0.0284 e. The molecular weight excluding hydrogens is 1180 g/mol. The van der Waals surface area contributed by atoms with E-state index in [-0.39, 0.29) is 0 Å². The van der Waals surface area contributed by atoms with Gasteiger partial charge in [-0.05, 0) is 254 Å². The zero-order valence-electron chi connectivity index (χ0n) is 63.0. The van der Waals surface area contributed by atoms with Crippen molar-refractivity contribution in [3.63, 3.8) is 0 Å². The van der Waals surface area contributed by atoms with Crippen LogP contribution >= 0.6 is 0 Å². The van der Waals surface area contributed by atoms with Crippen LogP contribution in [0.15, 0.2) is 109 Å². The molecule has 0 bridgehead atoms. The Morgan fingerprint density at radius 2 is 0.347 bits per heavy atom. The minimum atomic E-state index is 0.881. The molecule has 0 aliphatic heterocycles. The third-order valence-corrected chi connectivity index (χ3v) is 19.8. The Morgan fingerprint density at radius 1 is 0.173 bits per heavy atom. The first kappa shape index (κ1) is 77.3. The number of hydrogen-bond donors (Lipinski definition) is 0. The Labute approximate surface area is 598 Å². The van der Waals surface area contributed by atoms with Gasteiger partial charge in [-0.25, -0.2) is 0 Å². The molecule has 0 unspecified atom stereocenters. The Morgan fingerprint density at radius 3 is 0.571 bits per heavy atom. The highest BCUT2D eigenvalue weighted by Gasteiger charge is 2.14. The van der Waals surface area contributed by atoms with Crippen molar-refractivity contribution in [1.29, 1.82) is 0 Å². The lowest BCUT2D eigenvalue weighted by molar-refractivity contribution is 0.607. The third kappa shape index (κ3) is 24.1. The average molecular weight is 1300 g/mol. The van der Waals surface area contributed by atoms with E-state index in [0.717, 1.165) is 157 Å². The van der Waals surface area contributed by atoms with Crippen LogP contribution in [0.2, 0.25) is 0 Å². The molecule has 7 rings (SSSR count). The molecule has 0 spiro atoms. The molecule has 98 heavy (non-hydrogen) atoms. The molecular formula is C98H118. The average Bonchev–Trinajstić information content (AvgIpc) is 0.832. The van der Waals surface area contributed by atoms with Crippen molar-refractivity contribution in [2.75, 3.05) is 0 Å². The second-order valence-corrected chi connectivity index (χ2v) is 27.2. The number of benzene rings is 7. The van der Waals surface area contributed by atoms with E-state index in [2.05, 4.69) is 263 Å². The Balaban J connectivity index is 1.16. The summed E-state index contributed by atoms with van der Waals surface area (Å²) in [5.41, 5.74) is 28.7. The Kier molecular flexibility index (Phi) is 34.2. The molecule has 0 saturated carbocycles. The zero-order chi connectivity index (χ0) is 69.7. The smallest absolute Gasteiger partial charge is 0.0284 e. The van der Waals surface area contributed by atoms with Crippen molar-refractivity contribution in [2.24, 2.45) is 0 Å². The third-order valence-electron chi connectivity index (χ3n) is 19.8. The maximum atomic E-state index is 3.83. The van der Waals surface area contributed by atoms with Crippen LogP contribution in [-0.2, 0) is 77.0 Å². The molecule has 0 heteroatoms. The van der Waals surface area contributed by atoms with E-state index in [0.29, 0.717) is 0 Å². The van der Waals surface area contributed by atoms with E-state index < -0.39 is 0 Å². The molecule has 0 aliphatic rings. The van der Waals surface area contributed by atoms with Crippen LogP contribution in [0, 0.1) is 71.0 Å². The van der Waals surface area contributed by atoms with Gasteiger partial charge in [0.25, 0.3) is 0 Å². The molecule has 0 radical (unpaired) electrons. The van der Waals surface area contributed by atoms with Gasteiger partial charge in [0.15, 0.2) is 0 Å². The Bertz CT molecular complexity index is 3810. The monoisotopic (exact) mass is 1290 g/mol. The lowest BCUT2D eigenvalue weighted by Gasteiger charge is -2.13. The van der Waals surface area contributed by atoms with Gasteiger partial charge in [-0.3, -0.25) is 0 Å².